The van der Waals surface area contributed by atoms with Crippen molar-refractivity contribution in [1.82, 2.24) is 4.31 Å². The summed E-state index contributed by atoms with van der Waals surface area (Å²) in [5.41, 5.74) is 3.01. The summed E-state index contributed by atoms with van der Waals surface area (Å²) in [6.07, 6.45) is 2.57. The number of anilines is 1. The molecule has 1 N–H and O–H groups in total. The van der Waals surface area contributed by atoms with Crippen molar-refractivity contribution in [3.8, 4) is 0 Å². The van der Waals surface area contributed by atoms with Gasteiger partial charge in [-0.2, -0.15) is 4.31 Å². The van der Waals surface area contributed by atoms with Gasteiger partial charge in [-0.25, -0.2) is 8.42 Å². The van der Waals surface area contributed by atoms with Gasteiger partial charge in [-0.1, -0.05) is 56.3 Å². The molecule has 2 aromatic rings. The van der Waals surface area contributed by atoms with Crippen molar-refractivity contribution in [1.29, 1.82) is 0 Å². The lowest BCUT2D eigenvalue weighted by molar-refractivity contribution is -0.116. The van der Waals surface area contributed by atoms with Crippen LogP contribution in [0.15, 0.2) is 54.6 Å². The minimum atomic E-state index is -3.45. The third-order valence-electron chi connectivity index (χ3n) is 4.37. The molecule has 0 aliphatic rings. The van der Waals surface area contributed by atoms with Gasteiger partial charge in [-0.15, -0.1) is 0 Å². The molecule has 0 radical (unpaired) electrons. The predicted octanol–water partition coefficient (Wildman–Crippen LogP) is 3.64. The number of rotatable bonds is 9. The minimum Gasteiger partial charge on any atom is -0.325 e. The Morgan fingerprint density at radius 2 is 1.67 bits per heavy atom. The third-order valence-corrected chi connectivity index (χ3v) is 5.62. The molecule has 0 fully saturated rings. The molecular formula is C21H28N2O3S. The quantitative estimate of drug-likeness (QED) is 0.713. The zero-order valence-corrected chi connectivity index (χ0v) is 17.0. The van der Waals surface area contributed by atoms with Crippen LogP contribution in [0.4, 0.5) is 5.69 Å². The summed E-state index contributed by atoms with van der Waals surface area (Å²) in [6.45, 7) is 4.34. The molecule has 27 heavy (non-hydrogen) atoms. The van der Waals surface area contributed by atoms with Crippen molar-refractivity contribution < 1.29 is 13.2 Å². The standard InChI is InChI=1S/C21H28N2O3S/c1-17(2)19-11-13-20(14-12-19)22-21(24)16-23(27(3,25)26)15-7-10-18-8-5-4-6-9-18/h4-6,8-9,11-14,17H,7,10,15-16H2,1-3H3,(H,22,24). The normalized spacial score (nSPS) is 11.7. The van der Waals surface area contributed by atoms with Crippen LogP contribution in [0.2, 0.25) is 0 Å². The topological polar surface area (TPSA) is 66.5 Å². The fourth-order valence-electron chi connectivity index (χ4n) is 2.78. The molecule has 5 nitrogen and oxygen atoms in total. The van der Waals surface area contributed by atoms with Crippen molar-refractivity contribution >= 4 is 21.6 Å². The highest BCUT2D eigenvalue weighted by Crippen LogP contribution is 2.17. The van der Waals surface area contributed by atoms with E-state index < -0.39 is 10.0 Å². The molecule has 0 bridgehead atoms. The van der Waals surface area contributed by atoms with E-state index in [4.69, 9.17) is 0 Å². The van der Waals surface area contributed by atoms with Gasteiger partial charge in [-0.05, 0) is 42.0 Å². The van der Waals surface area contributed by atoms with E-state index in [9.17, 15) is 13.2 Å². The molecule has 0 aliphatic heterocycles. The third kappa shape index (κ3) is 7.15. The van der Waals surface area contributed by atoms with E-state index in [2.05, 4.69) is 19.2 Å². The number of nitrogens with zero attached hydrogens (tertiary/aromatic N) is 1. The van der Waals surface area contributed by atoms with E-state index in [0.717, 1.165) is 18.2 Å². The molecule has 0 aliphatic carbocycles. The second kappa shape index (κ2) is 9.67. The maximum atomic E-state index is 12.3. The van der Waals surface area contributed by atoms with Crippen LogP contribution in [0.1, 0.15) is 37.3 Å². The molecule has 2 rings (SSSR count). The van der Waals surface area contributed by atoms with Gasteiger partial charge in [0.25, 0.3) is 0 Å². The molecular weight excluding hydrogens is 360 g/mol. The Morgan fingerprint density at radius 3 is 2.22 bits per heavy atom. The summed E-state index contributed by atoms with van der Waals surface area (Å²) in [5, 5.41) is 2.77. The average molecular weight is 389 g/mol. The van der Waals surface area contributed by atoms with Crippen LogP contribution in [0.25, 0.3) is 0 Å². The number of hydrogen-bond acceptors (Lipinski definition) is 3. The molecule has 0 saturated heterocycles. The van der Waals surface area contributed by atoms with Crippen LogP contribution >= 0.6 is 0 Å². The molecule has 0 atom stereocenters. The Kier molecular flexibility index (Phi) is 7.56. The highest BCUT2D eigenvalue weighted by Gasteiger charge is 2.19. The molecule has 2 aromatic carbocycles. The van der Waals surface area contributed by atoms with Crippen LogP contribution in [0, 0.1) is 0 Å². The smallest absolute Gasteiger partial charge is 0.239 e. The van der Waals surface area contributed by atoms with E-state index in [-0.39, 0.29) is 12.5 Å². The maximum Gasteiger partial charge on any atom is 0.239 e. The van der Waals surface area contributed by atoms with Crippen LogP contribution in [0.5, 0.6) is 0 Å². The van der Waals surface area contributed by atoms with Crippen LogP contribution in [-0.4, -0.2) is 38.0 Å². The molecule has 0 aromatic heterocycles. The predicted molar refractivity (Wildman–Crippen MR) is 110 cm³/mol. The van der Waals surface area contributed by atoms with Crippen molar-refractivity contribution in [3.05, 3.63) is 65.7 Å². The molecule has 6 heteroatoms. The van der Waals surface area contributed by atoms with Crippen LogP contribution in [0.3, 0.4) is 0 Å². The monoisotopic (exact) mass is 388 g/mol. The minimum absolute atomic E-state index is 0.181. The van der Waals surface area contributed by atoms with Gasteiger partial charge in [-0.3, -0.25) is 4.79 Å². The Bertz CT molecular complexity index is 831. The van der Waals surface area contributed by atoms with Crippen molar-refractivity contribution in [3.63, 3.8) is 0 Å². The number of aryl methyl sites for hydroxylation is 1. The lowest BCUT2D eigenvalue weighted by Gasteiger charge is -2.19. The first kappa shape index (κ1) is 21.1. The van der Waals surface area contributed by atoms with E-state index in [0.29, 0.717) is 24.6 Å². The lowest BCUT2D eigenvalue weighted by Crippen LogP contribution is -2.38. The first-order chi connectivity index (χ1) is 12.8. The number of carbonyl (C=O) groups excluding carboxylic acids is 1. The van der Waals surface area contributed by atoms with E-state index in [1.807, 2.05) is 54.6 Å². The molecule has 0 unspecified atom stereocenters. The highest BCUT2D eigenvalue weighted by molar-refractivity contribution is 7.88. The summed E-state index contributed by atoms with van der Waals surface area (Å²) in [4.78, 5) is 12.3. The summed E-state index contributed by atoms with van der Waals surface area (Å²) in [7, 11) is -3.45. The Balaban J connectivity index is 1.91. The maximum absolute atomic E-state index is 12.3. The van der Waals surface area contributed by atoms with Gasteiger partial charge >= 0.3 is 0 Å². The van der Waals surface area contributed by atoms with Gasteiger partial charge in [0.15, 0.2) is 0 Å². The Hall–Kier alpha value is -2.18. The number of nitrogens with one attached hydrogen (secondary N) is 1. The van der Waals surface area contributed by atoms with Crippen molar-refractivity contribution in [2.24, 2.45) is 0 Å². The van der Waals surface area contributed by atoms with Crippen molar-refractivity contribution in [2.75, 3.05) is 24.7 Å². The lowest BCUT2D eigenvalue weighted by atomic mass is 10.0. The summed E-state index contributed by atoms with van der Waals surface area (Å²) < 4.78 is 25.3. The number of sulfonamides is 1. The zero-order valence-electron chi connectivity index (χ0n) is 16.2. The largest absolute Gasteiger partial charge is 0.325 e. The van der Waals surface area contributed by atoms with Gasteiger partial charge < -0.3 is 5.32 Å². The summed E-state index contributed by atoms with van der Waals surface area (Å²) in [5.74, 6) is 0.0810. The molecule has 0 saturated carbocycles. The van der Waals surface area contributed by atoms with E-state index in [1.54, 1.807) is 0 Å². The molecule has 146 valence electrons. The van der Waals surface area contributed by atoms with Gasteiger partial charge in [0.2, 0.25) is 15.9 Å². The number of hydrogen-bond donors (Lipinski definition) is 1. The fraction of sp³-hybridized carbons (Fsp3) is 0.381. The zero-order chi connectivity index (χ0) is 19.9. The average Bonchev–Trinajstić information content (AvgIpc) is 2.61. The number of benzene rings is 2. The second-order valence-electron chi connectivity index (χ2n) is 7.01. The van der Waals surface area contributed by atoms with Crippen LogP contribution in [-0.2, 0) is 21.2 Å². The first-order valence-corrected chi connectivity index (χ1v) is 11.0. The fourth-order valence-corrected chi connectivity index (χ4v) is 3.59. The van der Waals surface area contributed by atoms with E-state index >= 15 is 0 Å². The first-order valence-electron chi connectivity index (χ1n) is 9.14. The van der Waals surface area contributed by atoms with Crippen molar-refractivity contribution in [2.45, 2.75) is 32.6 Å². The SMILES string of the molecule is CC(C)c1ccc(NC(=O)CN(CCCc2ccccc2)S(C)(=O)=O)cc1. The summed E-state index contributed by atoms with van der Waals surface area (Å²) >= 11 is 0. The Morgan fingerprint density at radius 1 is 1.04 bits per heavy atom. The molecule has 1 amide bonds. The van der Waals surface area contributed by atoms with E-state index in [1.165, 1.54) is 9.87 Å². The second-order valence-corrected chi connectivity index (χ2v) is 8.99. The molecule has 0 heterocycles. The molecule has 0 spiro atoms. The number of amides is 1. The Labute approximate surface area is 162 Å². The van der Waals surface area contributed by atoms with Gasteiger partial charge in [0.05, 0.1) is 12.8 Å². The summed E-state index contributed by atoms with van der Waals surface area (Å²) in [6, 6.07) is 17.5. The number of carbonyl (C=O) groups is 1. The van der Waals surface area contributed by atoms with Gasteiger partial charge in [0, 0.05) is 12.2 Å². The highest BCUT2D eigenvalue weighted by atomic mass is 32.2. The van der Waals surface area contributed by atoms with Gasteiger partial charge in [0.1, 0.15) is 0 Å². The van der Waals surface area contributed by atoms with Crippen LogP contribution < -0.4 is 5.32 Å².